The second-order valence-corrected chi connectivity index (χ2v) is 10.1. The molecule has 0 radical (unpaired) electrons. The van der Waals surface area contributed by atoms with E-state index in [1.165, 1.54) is 22.5 Å². The number of amides is 2. The van der Waals surface area contributed by atoms with Crippen LogP contribution in [0.15, 0.2) is 53.4 Å². The molecule has 1 unspecified atom stereocenters. The number of halogens is 1. The minimum atomic E-state index is -3.79. The van der Waals surface area contributed by atoms with Crippen LogP contribution in [-0.4, -0.2) is 61.7 Å². The van der Waals surface area contributed by atoms with Crippen LogP contribution in [0, 0.1) is 0 Å². The zero-order valence-corrected chi connectivity index (χ0v) is 19.6. The molecule has 1 N–H and O–H groups in total. The maximum atomic E-state index is 13.1. The number of anilines is 1. The van der Waals surface area contributed by atoms with Gasteiger partial charge in [0, 0.05) is 37.3 Å². The van der Waals surface area contributed by atoms with Gasteiger partial charge >= 0.3 is 0 Å². The first-order valence-corrected chi connectivity index (χ1v) is 12.4. The van der Waals surface area contributed by atoms with Crippen molar-refractivity contribution in [3.8, 4) is 5.75 Å². The number of piperazine rings is 1. The molecular weight excluding hydrogens is 466 g/mol. The second-order valence-electron chi connectivity index (χ2n) is 7.75. The molecule has 0 saturated carbocycles. The molecule has 0 aromatic heterocycles. The van der Waals surface area contributed by atoms with Gasteiger partial charge in [-0.2, -0.15) is 4.31 Å². The maximum Gasteiger partial charge on any atom is 0.265 e. The van der Waals surface area contributed by atoms with Gasteiger partial charge in [-0.25, -0.2) is 8.42 Å². The lowest BCUT2D eigenvalue weighted by atomic mass is 10.2. The zero-order valence-electron chi connectivity index (χ0n) is 18.0. The number of sulfonamides is 1. The smallest absolute Gasteiger partial charge is 0.265 e. The molecular formula is C23H24ClN3O5S. The molecule has 2 aliphatic rings. The molecule has 2 aromatic rings. The molecule has 1 atom stereocenters. The lowest BCUT2D eigenvalue weighted by Gasteiger charge is -2.33. The van der Waals surface area contributed by atoms with Crippen molar-refractivity contribution in [3.05, 3.63) is 59.1 Å². The van der Waals surface area contributed by atoms with Crippen molar-refractivity contribution in [2.75, 3.05) is 31.5 Å². The van der Waals surface area contributed by atoms with Gasteiger partial charge in [0.15, 0.2) is 6.10 Å². The van der Waals surface area contributed by atoms with Crippen molar-refractivity contribution in [2.45, 2.75) is 24.3 Å². The topological polar surface area (TPSA) is 96.0 Å². The Morgan fingerprint density at radius 3 is 2.61 bits per heavy atom. The van der Waals surface area contributed by atoms with E-state index >= 15 is 0 Å². The van der Waals surface area contributed by atoms with Crippen LogP contribution in [0.1, 0.15) is 18.9 Å². The summed E-state index contributed by atoms with van der Waals surface area (Å²) in [4.78, 5) is 26.3. The Morgan fingerprint density at radius 1 is 1.18 bits per heavy atom. The van der Waals surface area contributed by atoms with E-state index in [0.29, 0.717) is 22.9 Å². The first-order valence-electron chi connectivity index (χ1n) is 10.6. The molecule has 10 heteroatoms. The number of carbonyl (C=O) groups excluding carboxylic acids is 2. The predicted molar refractivity (Wildman–Crippen MR) is 126 cm³/mol. The molecule has 2 amide bonds. The number of rotatable bonds is 5. The molecule has 1 fully saturated rings. The van der Waals surface area contributed by atoms with E-state index in [2.05, 4.69) is 5.32 Å². The van der Waals surface area contributed by atoms with Crippen LogP contribution < -0.4 is 10.1 Å². The van der Waals surface area contributed by atoms with Gasteiger partial charge in [-0.3, -0.25) is 9.59 Å². The van der Waals surface area contributed by atoms with Gasteiger partial charge in [-0.15, -0.1) is 0 Å². The number of fused-ring (bicyclic) bond motifs is 1. The fourth-order valence-corrected chi connectivity index (χ4v) is 5.38. The SMILES string of the molecule is CCC1Oc2ccc(S(=O)(=O)N3CCN(C(=O)/C=C/c4ccccc4Cl)CC3)cc2NC1=O. The highest BCUT2D eigenvalue weighted by Gasteiger charge is 2.32. The first kappa shape index (κ1) is 23.3. The summed E-state index contributed by atoms with van der Waals surface area (Å²) in [6, 6.07) is 11.7. The van der Waals surface area contributed by atoms with E-state index < -0.39 is 16.1 Å². The van der Waals surface area contributed by atoms with Gasteiger partial charge in [-0.1, -0.05) is 36.7 Å². The summed E-state index contributed by atoms with van der Waals surface area (Å²) in [5.74, 6) is -0.0521. The second kappa shape index (κ2) is 9.54. The quantitative estimate of drug-likeness (QED) is 0.651. The summed E-state index contributed by atoms with van der Waals surface area (Å²) in [5, 5.41) is 3.26. The van der Waals surface area contributed by atoms with Gasteiger partial charge in [0.25, 0.3) is 5.91 Å². The molecule has 0 spiro atoms. The Kier molecular flexibility index (Phi) is 6.73. The molecule has 0 aliphatic carbocycles. The fourth-order valence-electron chi connectivity index (χ4n) is 3.73. The van der Waals surface area contributed by atoms with E-state index in [-0.39, 0.29) is 42.9 Å². The van der Waals surface area contributed by atoms with Crippen molar-refractivity contribution in [1.82, 2.24) is 9.21 Å². The Labute approximate surface area is 197 Å². The maximum absolute atomic E-state index is 13.1. The molecule has 33 heavy (non-hydrogen) atoms. The minimum absolute atomic E-state index is 0.0680. The van der Waals surface area contributed by atoms with Crippen LogP contribution in [0.4, 0.5) is 5.69 Å². The van der Waals surface area contributed by atoms with E-state index in [1.54, 1.807) is 23.1 Å². The number of carbonyl (C=O) groups is 2. The normalized spacial score (nSPS) is 19.2. The Balaban J connectivity index is 1.41. The summed E-state index contributed by atoms with van der Waals surface area (Å²) < 4.78 is 33.3. The molecule has 2 aliphatic heterocycles. The number of hydrogen-bond acceptors (Lipinski definition) is 5. The highest BCUT2D eigenvalue weighted by Crippen LogP contribution is 2.33. The van der Waals surface area contributed by atoms with Crippen LogP contribution in [-0.2, 0) is 19.6 Å². The van der Waals surface area contributed by atoms with Crippen molar-refractivity contribution in [3.63, 3.8) is 0 Å². The minimum Gasteiger partial charge on any atom is -0.478 e. The van der Waals surface area contributed by atoms with Gasteiger partial charge in [-0.05, 0) is 42.3 Å². The van der Waals surface area contributed by atoms with E-state index in [0.717, 1.165) is 5.56 Å². The van der Waals surface area contributed by atoms with Crippen molar-refractivity contribution >= 4 is 45.2 Å². The van der Waals surface area contributed by atoms with Crippen LogP contribution in [0.5, 0.6) is 5.75 Å². The van der Waals surface area contributed by atoms with Gasteiger partial charge in [0.05, 0.1) is 10.6 Å². The van der Waals surface area contributed by atoms with Gasteiger partial charge < -0.3 is 15.0 Å². The van der Waals surface area contributed by atoms with E-state index in [9.17, 15) is 18.0 Å². The monoisotopic (exact) mass is 489 g/mol. The predicted octanol–water partition coefficient (Wildman–Crippen LogP) is 3.00. The Morgan fingerprint density at radius 2 is 1.91 bits per heavy atom. The Bertz CT molecular complexity index is 1210. The molecule has 4 rings (SSSR count). The summed E-state index contributed by atoms with van der Waals surface area (Å²) in [6.45, 7) is 2.73. The fraction of sp³-hybridized carbons (Fsp3) is 0.304. The number of benzene rings is 2. The average molecular weight is 490 g/mol. The molecule has 8 nitrogen and oxygen atoms in total. The number of hydrogen-bond donors (Lipinski definition) is 1. The standard InChI is InChI=1S/C23H24ClN3O5S/c1-2-20-23(29)25-19-15-17(8-9-21(19)32-20)33(30,31)27-13-11-26(12-14-27)22(28)10-7-16-5-3-4-6-18(16)24/h3-10,15,20H,2,11-14H2,1H3,(H,25,29)/b10-7+. The van der Waals surface area contributed by atoms with Gasteiger partial charge in [0.2, 0.25) is 15.9 Å². The molecule has 0 bridgehead atoms. The van der Waals surface area contributed by atoms with Crippen LogP contribution >= 0.6 is 11.6 Å². The van der Waals surface area contributed by atoms with E-state index in [4.69, 9.17) is 16.3 Å². The van der Waals surface area contributed by atoms with Crippen molar-refractivity contribution < 1.29 is 22.7 Å². The van der Waals surface area contributed by atoms with Crippen molar-refractivity contribution in [2.24, 2.45) is 0 Å². The third-order valence-electron chi connectivity index (χ3n) is 5.64. The summed E-state index contributed by atoms with van der Waals surface area (Å²) in [6.07, 6.45) is 3.03. The highest BCUT2D eigenvalue weighted by molar-refractivity contribution is 7.89. The molecule has 1 saturated heterocycles. The van der Waals surface area contributed by atoms with Crippen LogP contribution in [0.2, 0.25) is 5.02 Å². The number of nitrogens with one attached hydrogen (secondary N) is 1. The Hall–Kier alpha value is -2.88. The van der Waals surface area contributed by atoms with Gasteiger partial charge in [0.1, 0.15) is 5.75 Å². The van der Waals surface area contributed by atoms with Crippen molar-refractivity contribution in [1.29, 1.82) is 0 Å². The number of ether oxygens (including phenoxy) is 1. The van der Waals surface area contributed by atoms with Crippen LogP contribution in [0.25, 0.3) is 6.08 Å². The third kappa shape index (κ3) is 4.90. The molecule has 174 valence electrons. The first-order chi connectivity index (χ1) is 15.8. The largest absolute Gasteiger partial charge is 0.478 e. The molecule has 2 aromatic carbocycles. The van der Waals surface area contributed by atoms with Crippen LogP contribution in [0.3, 0.4) is 0 Å². The molecule has 2 heterocycles. The zero-order chi connectivity index (χ0) is 23.6. The summed E-state index contributed by atoms with van der Waals surface area (Å²) >= 11 is 6.11. The average Bonchev–Trinajstić information content (AvgIpc) is 2.82. The third-order valence-corrected chi connectivity index (χ3v) is 7.88. The highest BCUT2D eigenvalue weighted by atomic mass is 35.5. The van der Waals surface area contributed by atoms with E-state index in [1.807, 2.05) is 25.1 Å². The lowest BCUT2D eigenvalue weighted by Crippen LogP contribution is -2.50. The summed E-state index contributed by atoms with van der Waals surface area (Å²) in [7, 11) is -3.79. The lowest BCUT2D eigenvalue weighted by molar-refractivity contribution is -0.127. The number of nitrogens with zero attached hydrogens (tertiary/aromatic N) is 2. The summed E-state index contributed by atoms with van der Waals surface area (Å²) in [5.41, 5.74) is 1.08.